The van der Waals surface area contributed by atoms with Crippen LogP contribution in [0.2, 0.25) is 0 Å². The lowest BCUT2D eigenvalue weighted by atomic mass is 10.0. The van der Waals surface area contributed by atoms with Gasteiger partial charge >= 0.3 is 5.97 Å². The zero-order valence-corrected chi connectivity index (χ0v) is 14.1. The Kier molecular flexibility index (Phi) is 7.32. The molecule has 5 heteroatoms. The Bertz CT molecular complexity index is 587. The van der Waals surface area contributed by atoms with Crippen molar-refractivity contribution in [2.24, 2.45) is 5.92 Å². The van der Waals surface area contributed by atoms with Crippen LogP contribution in [0.3, 0.4) is 0 Å². The molecule has 23 heavy (non-hydrogen) atoms. The quantitative estimate of drug-likeness (QED) is 0.586. The fourth-order valence-electron chi connectivity index (χ4n) is 2.01. The highest BCUT2D eigenvalue weighted by Gasteiger charge is 2.10. The molecular formula is C18H24O5. The molecule has 0 atom stereocenters. The highest BCUT2D eigenvalue weighted by Crippen LogP contribution is 2.27. The number of methoxy groups -OCH3 is 1. The average molecular weight is 320 g/mol. The minimum atomic E-state index is -0.519. The van der Waals surface area contributed by atoms with Gasteiger partial charge in [0.1, 0.15) is 0 Å². The Hall–Kier alpha value is -2.30. The number of ketones is 1. The molecule has 0 amide bonds. The molecule has 0 fully saturated rings. The van der Waals surface area contributed by atoms with Crippen molar-refractivity contribution in [1.82, 2.24) is 0 Å². The van der Waals surface area contributed by atoms with E-state index >= 15 is 0 Å². The fraction of sp³-hybridized carbons (Fsp3) is 0.444. The fourth-order valence-corrected chi connectivity index (χ4v) is 2.01. The Morgan fingerprint density at radius 1 is 1.30 bits per heavy atom. The first-order valence-electron chi connectivity index (χ1n) is 7.57. The summed E-state index contributed by atoms with van der Waals surface area (Å²) in [5.74, 6) is 0.106. The van der Waals surface area contributed by atoms with Crippen LogP contribution >= 0.6 is 0 Å². The molecule has 0 aliphatic rings. The predicted octanol–water partition coefficient (Wildman–Crippen LogP) is 3.51. The van der Waals surface area contributed by atoms with Gasteiger partial charge in [0.2, 0.25) is 0 Å². The topological polar surface area (TPSA) is 72.8 Å². The molecule has 0 saturated carbocycles. The van der Waals surface area contributed by atoms with E-state index in [2.05, 4.69) is 4.74 Å². The van der Waals surface area contributed by atoms with E-state index in [-0.39, 0.29) is 17.1 Å². The monoisotopic (exact) mass is 320 g/mol. The van der Waals surface area contributed by atoms with E-state index in [0.29, 0.717) is 31.1 Å². The van der Waals surface area contributed by atoms with E-state index < -0.39 is 5.97 Å². The van der Waals surface area contributed by atoms with Crippen molar-refractivity contribution in [3.8, 4) is 11.5 Å². The van der Waals surface area contributed by atoms with E-state index in [1.54, 1.807) is 6.08 Å². The molecule has 0 radical (unpaired) electrons. The number of benzene rings is 1. The molecule has 126 valence electrons. The van der Waals surface area contributed by atoms with Crippen LogP contribution in [-0.2, 0) is 9.53 Å². The standard InChI is InChI=1S/C18H24O5/c1-12(2)9-15(19)10-13(3)7-8-23-17-6-5-14(11-16(17)20)18(21)22-4/h5-6,10-12,20H,7-9H2,1-4H3/b13-10+. The molecular weight excluding hydrogens is 296 g/mol. The van der Waals surface area contributed by atoms with Crippen LogP contribution in [0, 0.1) is 5.92 Å². The highest BCUT2D eigenvalue weighted by molar-refractivity contribution is 5.90. The maximum atomic E-state index is 11.7. The SMILES string of the molecule is COC(=O)c1ccc(OCC/C(C)=C/C(=O)CC(C)C)c(O)c1. The molecule has 1 N–H and O–H groups in total. The van der Waals surface area contributed by atoms with Crippen molar-refractivity contribution < 1.29 is 24.2 Å². The van der Waals surface area contributed by atoms with Gasteiger partial charge in [-0.1, -0.05) is 19.4 Å². The third-order valence-corrected chi connectivity index (χ3v) is 3.15. The third kappa shape index (κ3) is 6.55. The van der Waals surface area contributed by atoms with Crippen molar-refractivity contribution in [2.45, 2.75) is 33.6 Å². The molecule has 0 bridgehead atoms. The predicted molar refractivity (Wildman–Crippen MR) is 87.8 cm³/mol. The number of phenols is 1. The number of hydrogen-bond donors (Lipinski definition) is 1. The molecule has 0 aromatic heterocycles. The first-order valence-corrected chi connectivity index (χ1v) is 7.57. The molecule has 0 aliphatic carbocycles. The van der Waals surface area contributed by atoms with Crippen LogP contribution < -0.4 is 4.74 Å². The van der Waals surface area contributed by atoms with Crippen LogP contribution in [0.4, 0.5) is 0 Å². The summed E-state index contributed by atoms with van der Waals surface area (Å²) in [6.45, 7) is 6.22. The van der Waals surface area contributed by atoms with Gasteiger partial charge in [-0.15, -0.1) is 0 Å². The van der Waals surface area contributed by atoms with Gasteiger partial charge in [-0.2, -0.15) is 0 Å². The molecule has 5 nitrogen and oxygen atoms in total. The number of rotatable bonds is 8. The van der Waals surface area contributed by atoms with Crippen LogP contribution in [0.5, 0.6) is 11.5 Å². The van der Waals surface area contributed by atoms with E-state index in [4.69, 9.17) is 4.74 Å². The van der Waals surface area contributed by atoms with Crippen molar-refractivity contribution in [1.29, 1.82) is 0 Å². The lowest BCUT2D eigenvalue weighted by Crippen LogP contribution is -2.03. The third-order valence-electron chi connectivity index (χ3n) is 3.15. The second kappa shape index (κ2) is 8.98. The van der Waals surface area contributed by atoms with Gasteiger partial charge < -0.3 is 14.6 Å². The summed E-state index contributed by atoms with van der Waals surface area (Å²) >= 11 is 0. The Morgan fingerprint density at radius 2 is 2.00 bits per heavy atom. The summed E-state index contributed by atoms with van der Waals surface area (Å²) in [5.41, 5.74) is 1.19. The second-order valence-electron chi connectivity index (χ2n) is 5.83. The van der Waals surface area contributed by atoms with Crippen molar-refractivity contribution in [3.63, 3.8) is 0 Å². The van der Waals surface area contributed by atoms with Gasteiger partial charge in [0.05, 0.1) is 19.3 Å². The number of ether oxygens (including phenoxy) is 2. The van der Waals surface area contributed by atoms with Crippen LogP contribution in [0.1, 0.15) is 44.0 Å². The van der Waals surface area contributed by atoms with Crippen LogP contribution in [0.25, 0.3) is 0 Å². The Morgan fingerprint density at radius 3 is 2.57 bits per heavy atom. The number of carbonyl (C=O) groups is 2. The van der Waals surface area contributed by atoms with Gasteiger partial charge in [-0.05, 0) is 37.1 Å². The van der Waals surface area contributed by atoms with Crippen LogP contribution in [-0.4, -0.2) is 30.6 Å². The molecule has 0 aliphatic heterocycles. The first kappa shape index (κ1) is 18.7. The minimum absolute atomic E-state index is 0.114. The van der Waals surface area contributed by atoms with Gasteiger partial charge in [-0.25, -0.2) is 4.79 Å². The van der Waals surface area contributed by atoms with Crippen molar-refractivity contribution in [3.05, 3.63) is 35.4 Å². The highest BCUT2D eigenvalue weighted by atomic mass is 16.5. The Balaban J connectivity index is 2.54. The van der Waals surface area contributed by atoms with Gasteiger partial charge in [0.15, 0.2) is 17.3 Å². The Labute approximate surface area is 136 Å². The summed E-state index contributed by atoms with van der Waals surface area (Å²) in [4.78, 5) is 23.0. The van der Waals surface area contributed by atoms with Gasteiger partial charge in [0, 0.05) is 12.8 Å². The average Bonchev–Trinajstić information content (AvgIpc) is 2.46. The second-order valence-corrected chi connectivity index (χ2v) is 5.83. The van der Waals surface area contributed by atoms with Crippen molar-refractivity contribution >= 4 is 11.8 Å². The maximum Gasteiger partial charge on any atom is 0.337 e. The molecule has 0 unspecified atom stereocenters. The maximum absolute atomic E-state index is 11.7. The number of esters is 1. The molecule has 0 heterocycles. The summed E-state index contributed by atoms with van der Waals surface area (Å²) in [5, 5.41) is 9.84. The number of aromatic hydroxyl groups is 1. The summed E-state index contributed by atoms with van der Waals surface area (Å²) < 4.78 is 10.1. The van der Waals surface area contributed by atoms with Crippen LogP contribution in [0.15, 0.2) is 29.8 Å². The van der Waals surface area contributed by atoms with E-state index in [1.807, 2.05) is 20.8 Å². The molecule has 1 rings (SSSR count). The lowest BCUT2D eigenvalue weighted by Gasteiger charge is -2.09. The van der Waals surface area contributed by atoms with E-state index in [0.717, 1.165) is 5.57 Å². The molecule has 0 saturated heterocycles. The zero-order valence-electron chi connectivity index (χ0n) is 14.1. The number of allylic oxidation sites excluding steroid dienone is 1. The van der Waals surface area contributed by atoms with Gasteiger partial charge in [-0.3, -0.25) is 4.79 Å². The summed E-state index contributed by atoms with van der Waals surface area (Å²) in [6.07, 6.45) is 2.76. The smallest absolute Gasteiger partial charge is 0.337 e. The largest absolute Gasteiger partial charge is 0.504 e. The van der Waals surface area contributed by atoms with Crippen molar-refractivity contribution in [2.75, 3.05) is 13.7 Å². The minimum Gasteiger partial charge on any atom is -0.504 e. The normalized spacial score (nSPS) is 11.4. The van der Waals surface area contributed by atoms with E-state index in [9.17, 15) is 14.7 Å². The zero-order chi connectivity index (χ0) is 17.4. The number of phenolic OH excluding ortho intramolecular Hbond substituents is 1. The number of hydrogen-bond acceptors (Lipinski definition) is 5. The van der Waals surface area contributed by atoms with E-state index in [1.165, 1.54) is 25.3 Å². The first-order chi connectivity index (χ1) is 10.8. The van der Waals surface area contributed by atoms with Gasteiger partial charge in [0.25, 0.3) is 0 Å². The number of carbonyl (C=O) groups excluding carboxylic acids is 2. The molecule has 0 spiro atoms. The lowest BCUT2D eigenvalue weighted by molar-refractivity contribution is -0.115. The summed E-state index contributed by atoms with van der Waals surface area (Å²) in [6, 6.07) is 4.34. The summed E-state index contributed by atoms with van der Waals surface area (Å²) in [7, 11) is 1.28. The molecule has 1 aromatic rings. The molecule has 1 aromatic carbocycles.